The molecule has 1 unspecified atom stereocenters. The highest BCUT2D eigenvalue weighted by Crippen LogP contribution is 2.28. The van der Waals surface area contributed by atoms with Gasteiger partial charge < -0.3 is 4.90 Å². The van der Waals surface area contributed by atoms with Gasteiger partial charge in [-0.2, -0.15) is 0 Å². The van der Waals surface area contributed by atoms with E-state index in [0.717, 1.165) is 35.5 Å². The molecule has 1 saturated heterocycles. The molecule has 1 aliphatic heterocycles. The van der Waals surface area contributed by atoms with Crippen LogP contribution in [0.25, 0.3) is 10.9 Å². The molecular formula is C20H26N2OS. The number of amides is 1. The lowest BCUT2D eigenvalue weighted by Crippen LogP contribution is -2.42. The second-order valence-corrected chi connectivity index (χ2v) is 7.89. The average molecular weight is 343 g/mol. The Morgan fingerprint density at radius 2 is 1.96 bits per heavy atom. The first-order valence-corrected chi connectivity index (χ1v) is 9.75. The summed E-state index contributed by atoms with van der Waals surface area (Å²) in [4.78, 5) is 19.5. The van der Waals surface area contributed by atoms with E-state index in [4.69, 9.17) is 4.98 Å². The Balaban J connectivity index is 1.79. The number of aryl methyl sites for hydroxylation is 3. The van der Waals surface area contributed by atoms with Crippen molar-refractivity contribution in [1.29, 1.82) is 0 Å². The van der Waals surface area contributed by atoms with Gasteiger partial charge in [0.25, 0.3) is 0 Å². The molecule has 128 valence electrons. The zero-order valence-corrected chi connectivity index (χ0v) is 15.9. The van der Waals surface area contributed by atoms with Crippen LogP contribution < -0.4 is 0 Å². The second-order valence-electron chi connectivity index (χ2n) is 6.93. The lowest BCUT2D eigenvalue weighted by molar-refractivity contribution is -0.131. The molecule has 1 amide bonds. The number of likely N-dealkylation sites (tertiary alicyclic amines) is 1. The molecule has 1 atom stereocenters. The van der Waals surface area contributed by atoms with Crippen LogP contribution in [0.4, 0.5) is 0 Å². The van der Waals surface area contributed by atoms with Crippen molar-refractivity contribution in [3.63, 3.8) is 0 Å². The van der Waals surface area contributed by atoms with Gasteiger partial charge in [-0.1, -0.05) is 23.9 Å². The Morgan fingerprint density at radius 3 is 2.71 bits per heavy atom. The summed E-state index contributed by atoms with van der Waals surface area (Å²) in [5, 5.41) is 2.20. The largest absolute Gasteiger partial charge is 0.339 e. The summed E-state index contributed by atoms with van der Waals surface area (Å²) in [6, 6.07) is 6.85. The fraction of sp³-hybridized carbons (Fsp3) is 0.500. The van der Waals surface area contributed by atoms with E-state index in [1.165, 1.54) is 22.9 Å². The minimum absolute atomic E-state index is 0.245. The van der Waals surface area contributed by atoms with E-state index < -0.39 is 0 Å². The van der Waals surface area contributed by atoms with Gasteiger partial charge in [-0.25, -0.2) is 4.98 Å². The number of nitrogens with zero attached hydrogens (tertiary/aromatic N) is 2. The van der Waals surface area contributed by atoms with Crippen LogP contribution in [0.2, 0.25) is 0 Å². The van der Waals surface area contributed by atoms with Crippen molar-refractivity contribution in [2.45, 2.75) is 58.0 Å². The normalized spacial score (nSPS) is 18.2. The smallest absolute Gasteiger partial charge is 0.233 e. The van der Waals surface area contributed by atoms with Gasteiger partial charge in [-0.3, -0.25) is 4.79 Å². The molecule has 0 N–H and O–H groups in total. The highest BCUT2D eigenvalue weighted by atomic mass is 32.2. The topological polar surface area (TPSA) is 33.2 Å². The van der Waals surface area contributed by atoms with Crippen molar-refractivity contribution in [2.24, 2.45) is 0 Å². The number of pyridine rings is 1. The first kappa shape index (κ1) is 17.3. The molecule has 4 heteroatoms. The van der Waals surface area contributed by atoms with Crippen LogP contribution in [0.1, 0.15) is 42.9 Å². The Labute approximate surface area is 148 Å². The highest BCUT2D eigenvalue weighted by Gasteiger charge is 2.23. The van der Waals surface area contributed by atoms with E-state index in [1.54, 1.807) is 11.8 Å². The van der Waals surface area contributed by atoms with E-state index in [1.807, 2.05) is 4.90 Å². The third kappa shape index (κ3) is 3.44. The predicted octanol–water partition coefficient (Wildman–Crippen LogP) is 4.65. The number of piperidine rings is 1. The predicted molar refractivity (Wildman–Crippen MR) is 102 cm³/mol. The fourth-order valence-electron chi connectivity index (χ4n) is 3.44. The van der Waals surface area contributed by atoms with E-state index in [9.17, 15) is 4.79 Å². The molecule has 1 aromatic heterocycles. The maximum Gasteiger partial charge on any atom is 0.233 e. The number of aromatic nitrogens is 1. The second kappa shape index (κ2) is 7.14. The Hall–Kier alpha value is -1.55. The van der Waals surface area contributed by atoms with Crippen molar-refractivity contribution < 1.29 is 4.79 Å². The molecule has 0 bridgehead atoms. The van der Waals surface area contributed by atoms with Crippen LogP contribution in [0.3, 0.4) is 0 Å². The third-order valence-electron chi connectivity index (χ3n) is 5.00. The van der Waals surface area contributed by atoms with Crippen LogP contribution >= 0.6 is 11.8 Å². The maximum absolute atomic E-state index is 12.6. The molecule has 1 aromatic carbocycles. The summed E-state index contributed by atoms with van der Waals surface area (Å²) >= 11 is 1.58. The molecule has 2 heterocycles. The van der Waals surface area contributed by atoms with Crippen molar-refractivity contribution in [3.05, 3.63) is 34.9 Å². The summed E-state index contributed by atoms with van der Waals surface area (Å²) in [7, 11) is 0. The summed E-state index contributed by atoms with van der Waals surface area (Å²) in [5.41, 5.74) is 4.65. The molecule has 3 rings (SSSR count). The maximum atomic E-state index is 12.6. The van der Waals surface area contributed by atoms with Crippen LogP contribution in [-0.2, 0) is 4.79 Å². The number of thioether (sulfide) groups is 1. The Morgan fingerprint density at radius 1 is 1.21 bits per heavy atom. The van der Waals surface area contributed by atoms with Gasteiger partial charge in [0.1, 0.15) is 5.03 Å². The standard InChI is InChI=1S/C20H26N2OS/c1-13-8-9-14(2)19-17(13)11-15(3)20(21-19)24-12-18(23)22-10-6-5-7-16(22)4/h8-9,11,16H,5-7,10,12H2,1-4H3. The van der Waals surface area contributed by atoms with Gasteiger partial charge in [0.2, 0.25) is 5.91 Å². The van der Waals surface area contributed by atoms with Gasteiger partial charge in [0, 0.05) is 18.0 Å². The number of carbonyl (C=O) groups is 1. The minimum atomic E-state index is 0.245. The summed E-state index contributed by atoms with van der Waals surface area (Å²) in [5.74, 6) is 0.726. The average Bonchev–Trinajstić information content (AvgIpc) is 2.57. The lowest BCUT2D eigenvalue weighted by atomic mass is 10.0. The van der Waals surface area contributed by atoms with Crippen LogP contribution in [0.5, 0.6) is 0 Å². The van der Waals surface area contributed by atoms with Crippen LogP contribution in [0, 0.1) is 20.8 Å². The summed E-state index contributed by atoms with van der Waals surface area (Å²) < 4.78 is 0. The number of hydrogen-bond donors (Lipinski definition) is 0. The minimum Gasteiger partial charge on any atom is -0.339 e. The Bertz CT molecular complexity index is 772. The quantitative estimate of drug-likeness (QED) is 0.761. The third-order valence-corrected chi connectivity index (χ3v) is 6.08. The fourth-order valence-corrected chi connectivity index (χ4v) is 4.31. The monoisotopic (exact) mass is 342 g/mol. The van der Waals surface area contributed by atoms with Gasteiger partial charge in [-0.15, -0.1) is 0 Å². The Kier molecular flexibility index (Phi) is 5.14. The zero-order valence-electron chi connectivity index (χ0n) is 15.1. The van der Waals surface area contributed by atoms with Gasteiger partial charge in [0.15, 0.2) is 0 Å². The molecule has 3 nitrogen and oxygen atoms in total. The van der Waals surface area contributed by atoms with Crippen molar-refractivity contribution in [1.82, 2.24) is 9.88 Å². The number of rotatable bonds is 3. The van der Waals surface area contributed by atoms with E-state index in [0.29, 0.717) is 11.8 Å². The summed E-state index contributed by atoms with van der Waals surface area (Å²) in [6.07, 6.45) is 3.50. The molecule has 1 fully saturated rings. The van der Waals surface area contributed by atoms with Gasteiger partial charge >= 0.3 is 0 Å². The van der Waals surface area contributed by atoms with Crippen molar-refractivity contribution >= 4 is 28.6 Å². The van der Waals surface area contributed by atoms with E-state index in [-0.39, 0.29) is 5.91 Å². The molecule has 0 spiro atoms. The van der Waals surface area contributed by atoms with Crippen molar-refractivity contribution in [3.8, 4) is 0 Å². The van der Waals surface area contributed by atoms with Gasteiger partial charge in [0.05, 0.1) is 11.3 Å². The first-order valence-electron chi connectivity index (χ1n) is 8.77. The molecule has 24 heavy (non-hydrogen) atoms. The molecule has 2 aromatic rings. The SMILES string of the molecule is Cc1cc2c(C)ccc(C)c2nc1SCC(=O)N1CCCCC1C. The number of carbonyl (C=O) groups excluding carboxylic acids is 1. The zero-order chi connectivity index (χ0) is 17.3. The van der Waals surface area contributed by atoms with Crippen molar-refractivity contribution in [2.75, 3.05) is 12.3 Å². The number of hydrogen-bond acceptors (Lipinski definition) is 3. The highest BCUT2D eigenvalue weighted by molar-refractivity contribution is 7.99. The number of benzene rings is 1. The van der Waals surface area contributed by atoms with E-state index >= 15 is 0 Å². The molecule has 0 aliphatic carbocycles. The molecule has 0 radical (unpaired) electrons. The lowest BCUT2D eigenvalue weighted by Gasteiger charge is -2.33. The molecule has 1 aliphatic rings. The first-order chi connectivity index (χ1) is 11.5. The molecule has 0 saturated carbocycles. The van der Waals surface area contributed by atoms with E-state index in [2.05, 4.69) is 45.9 Å². The van der Waals surface area contributed by atoms with Crippen LogP contribution in [-0.4, -0.2) is 34.1 Å². The molecular weight excluding hydrogens is 316 g/mol. The summed E-state index contributed by atoms with van der Waals surface area (Å²) in [6.45, 7) is 9.37. The number of fused-ring (bicyclic) bond motifs is 1. The van der Waals surface area contributed by atoms with Gasteiger partial charge in [-0.05, 0) is 69.7 Å². The van der Waals surface area contributed by atoms with Crippen LogP contribution in [0.15, 0.2) is 23.2 Å².